The summed E-state index contributed by atoms with van der Waals surface area (Å²) in [5.74, 6) is 0.693. The lowest BCUT2D eigenvalue weighted by Gasteiger charge is -2.32. The Kier molecular flexibility index (Phi) is 5.01. The zero-order valence-electron chi connectivity index (χ0n) is 12.7. The lowest BCUT2D eigenvalue weighted by atomic mass is 10.0. The van der Waals surface area contributed by atoms with E-state index in [9.17, 15) is 4.79 Å². The Morgan fingerprint density at radius 2 is 1.95 bits per heavy atom. The molecular weight excluding hydrogens is 250 g/mol. The Hall–Kier alpha value is -1.55. The van der Waals surface area contributed by atoms with E-state index in [4.69, 9.17) is 0 Å². The molecule has 1 N–H and O–H groups in total. The monoisotopic (exact) mass is 275 g/mol. The van der Waals surface area contributed by atoms with E-state index in [0.717, 1.165) is 31.9 Å². The maximum atomic E-state index is 12.1. The molecule has 0 spiro atoms. The standard InChI is InChI=1S/C16H25N3O/c1-13(2)14-5-4-6-15(11-14)17-12-16(20)19-9-7-18(3)8-10-19/h4-6,11,13,17H,7-10,12H2,1-3H3. The molecule has 0 saturated carbocycles. The van der Waals surface area contributed by atoms with Crippen molar-refractivity contribution >= 4 is 11.6 Å². The molecule has 1 heterocycles. The predicted molar refractivity (Wildman–Crippen MR) is 83.1 cm³/mol. The van der Waals surface area contributed by atoms with Gasteiger partial charge >= 0.3 is 0 Å². The average Bonchev–Trinajstić information content (AvgIpc) is 2.46. The van der Waals surface area contributed by atoms with E-state index in [-0.39, 0.29) is 5.91 Å². The third kappa shape index (κ3) is 3.97. The summed E-state index contributed by atoms with van der Waals surface area (Å²) in [5, 5.41) is 3.24. The van der Waals surface area contributed by atoms with E-state index in [2.05, 4.69) is 43.2 Å². The molecule has 1 aromatic carbocycles. The van der Waals surface area contributed by atoms with E-state index >= 15 is 0 Å². The van der Waals surface area contributed by atoms with Gasteiger partial charge in [-0.15, -0.1) is 0 Å². The van der Waals surface area contributed by atoms with Crippen LogP contribution in [0.5, 0.6) is 0 Å². The van der Waals surface area contributed by atoms with Crippen molar-refractivity contribution in [1.82, 2.24) is 9.80 Å². The van der Waals surface area contributed by atoms with E-state index in [1.54, 1.807) is 0 Å². The largest absolute Gasteiger partial charge is 0.376 e. The molecule has 20 heavy (non-hydrogen) atoms. The summed E-state index contributed by atoms with van der Waals surface area (Å²) >= 11 is 0. The van der Waals surface area contributed by atoms with Gasteiger partial charge in [0, 0.05) is 31.9 Å². The van der Waals surface area contributed by atoms with Gasteiger partial charge in [-0.25, -0.2) is 0 Å². The molecule has 1 amide bonds. The van der Waals surface area contributed by atoms with Crippen molar-refractivity contribution in [2.24, 2.45) is 0 Å². The van der Waals surface area contributed by atoms with Crippen molar-refractivity contribution in [1.29, 1.82) is 0 Å². The highest BCUT2D eigenvalue weighted by molar-refractivity contribution is 5.81. The molecule has 1 fully saturated rings. The first-order valence-corrected chi connectivity index (χ1v) is 7.36. The lowest BCUT2D eigenvalue weighted by molar-refractivity contribution is -0.130. The molecule has 4 heteroatoms. The first-order valence-electron chi connectivity index (χ1n) is 7.36. The summed E-state index contributed by atoms with van der Waals surface area (Å²) in [6.45, 7) is 8.34. The van der Waals surface area contributed by atoms with Gasteiger partial charge in [-0.2, -0.15) is 0 Å². The van der Waals surface area contributed by atoms with Crippen molar-refractivity contribution < 1.29 is 4.79 Å². The smallest absolute Gasteiger partial charge is 0.241 e. The van der Waals surface area contributed by atoms with Gasteiger partial charge in [-0.05, 0) is 30.7 Å². The maximum Gasteiger partial charge on any atom is 0.241 e. The van der Waals surface area contributed by atoms with Crippen LogP contribution in [0, 0.1) is 0 Å². The van der Waals surface area contributed by atoms with Gasteiger partial charge in [0.1, 0.15) is 0 Å². The Morgan fingerprint density at radius 3 is 2.60 bits per heavy atom. The Balaban J connectivity index is 1.85. The third-order valence-corrected chi connectivity index (χ3v) is 3.85. The second-order valence-electron chi connectivity index (χ2n) is 5.82. The number of benzene rings is 1. The quantitative estimate of drug-likeness (QED) is 0.913. The number of carbonyl (C=O) groups excluding carboxylic acids is 1. The van der Waals surface area contributed by atoms with E-state index in [1.807, 2.05) is 17.0 Å². The molecule has 0 atom stereocenters. The van der Waals surface area contributed by atoms with Crippen LogP contribution in [-0.4, -0.2) is 55.5 Å². The summed E-state index contributed by atoms with van der Waals surface area (Å²) in [4.78, 5) is 16.3. The van der Waals surface area contributed by atoms with Crippen LogP contribution < -0.4 is 5.32 Å². The van der Waals surface area contributed by atoms with Gasteiger partial charge in [0.15, 0.2) is 0 Å². The van der Waals surface area contributed by atoms with Crippen LogP contribution in [-0.2, 0) is 4.79 Å². The third-order valence-electron chi connectivity index (χ3n) is 3.85. The van der Waals surface area contributed by atoms with Gasteiger partial charge in [-0.1, -0.05) is 26.0 Å². The van der Waals surface area contributed by atoms with Crippen LogP contribution in [0.4, 0.5) is 5.69 Å². The first kappa shape index (κ1) is 14.9. The molecule has 4 nitrogen and oxygen atoms in total. The maximum absolute atomic E-state index is 12.1. The second kappa shape index (κ2) is 6.75. The van der Waals surface area contributed by atoms with Crippen LogP contribution >= 0.6 is 0 Å². The molecule has 110 valence electrons. The molecule has 0 bridgehead atoms. The van der Waals surface area contributed by atoms with Gasteiger partial charge < -0.3 is 15.1 Å². The van der Waals surface area contributed by atoms with Crippen LogP contribution in [0.15, 0.2) is 24.3 Å². The number of likely N-dealkylation sites (N-methyl/N-ethyl adjacent to an activating group) is 1. The number of amides is 1. The van der Waals surface area contributed by atoms with E-state index in [1.165, 1.54) is 5.56 Å². The van der Waals surface area contributed by atoms with Crippen molar-refractivity contribution in [3.05, 3.63) is 29.8 Å². The Labute approximate surface area is 121 Å². The van der Waals surface area contributed by atoms with Crippen molar-refractivity contribution in [2.75, 3.05) is 45.1 Å². The minimum Gasteiger partial charge on any atom is -0.376 e. The number of hydrogen-bond acceptors (Lipinski definition) is 3. The summed E-state index contributed by atoms with van der Waals surface area (Å²) in [7, 11) is 2.09. The average molecular weight is 275 g/mol. The van der Waals surface area contributed by atoms with Gasteiger partial charge in [-0.3, -0.25) is 4.79 Å². The molecule has 1 saturated heterocycles. The van der Waals surface area contributed by atoms with Gasteiger partial charge in [0.25, 0.3) is 0 Å². The predicted octanol–water partition coefficient (Wildman–Crippen LogP) is 2.00. The van der Waals surface area contributed by atoms with Gasteiger partial charge in [0.05, 0.1) is 6.54 Å². The number of nitrogens with one attached hydrogen (secondary N) is 1. The van der Waals surface area contributed by atoms with Gasteiger partial charge in [0.2, 0.25) is 5.91 Å². The number of carbonyl (C=O) groups is 1. The normalized spacial score (nSPS) is 16.5. The van der Waals surface area contributed by atoms with E-state index < -0.39 is 0 Å². The summed E-state index contributed by atoms with van der Waals surface area (Å²) in [6, 6.07) is 8.31. The Bertz CT molecular complexity index is 451. The second-order valence-corrected chi connectivity index (χ2v) is 5.82. The molecular formula is C16H25N3O. The van der Waals surface area contributed by atoms with Crippen molar-refractivity contribution in [2.45, 2.75) is 19.8 Å². The number of hydrogen-bond donors (Lipinski definition) is 1. The highest BCUT2D eigenvalue weighted by Gasteiger charge is 2.18. The Morgan fingerprint density at radius 1 is 1.25 bits per heavy atom. The molecule has 0 radical (unpaired) electrons. The molecule has 0 aliphatic carbocycles. The number of nitrogens with zero attached hydrogens (tertiary/aromatic N) is 2. The SMILES string of the molecule is CC(C)c1cccc(NCC(=O)N2CCN(C)CC2)c1. The molecule has 2 rings (SSSR count). The highest BCUT2D eigenvalue weighted by Crippen LogP contribution is 2.18. The summed E-state index contributed by atoms with van der Waals surface area (Å²) < 4.78 is 0. The fraction of sp³-hybridized carbons (Fsp3) is 0.562. The lowest BCUT2D eigenvalue weighted by Crippen LogP contribution is -2.48. The fourth-order valence-corrected chi connectivity index (χ4v) is 2.35. The van der Waals surface area contributed by atoms with Crippen LogP contribution in [0.1, 0.15) is 25.3 Å². The molecule has 0 aromatic heterocycles. The summed E-state index contributed by atoms with van der Waals surface area (Å²) in [6.07, 6.45) is 0. The van der Waals surface area contributed by atoms with Crippen molar-refractivity contribution in [3.8, 4) is 0 Å². The zero-order valence-corrected chi connectivity index (χ0v) is 12.7. The van der Waals surface area contributed by atoms with Crippen molar-refractivity contribution in [3.63, 3.8) is 0 Å². The number of anilines is 1. The fourth-order valence-electron chi connectivity index (χ4n) is 2.35. The minimum atomic E-state index is 0.188. The molecule has 1 aliphatic rings. The molecule has 1 aromatic rings. The number of piperazine rings is 1. The van der Waals surface area contributed by atoms with Crippen LogP contribution in [0.2, 0.25) is 0 Å². The highest BCUT2D eigenvalue weighted by atomic mass is 16.2. The minimum absolute atomic E-state index is 0.188. The van der Waals surface area contributed by atoms with Crippen LogP contribution in [0.3, 0.4) is 0 Å². The van der Waals surface area contributed by atoms with Crippen LogP contribution in [0.25, 0.3) is 0 Å². The molecule has 0 unspecified atom stereocenters. The molecule has 1 aliphatic heterocycles. The summed E-state index contributed by atoms with van der Waals surface area (Å²) in [5.41, 5.74) is 2.32. The van der Waals surface area contributed by atoms with E-state index in [0.29, 0.717) is 12.5 Å². The topological polar surface area (TPSA) is 35.6 Å². The first-order chi connectivity index (χ1) is 9.56. The number of rotatable bonds is 4. The zero-order chi connectivity index (χ0) is 14.5.